The Morgan fingerprint density at radius 1 is 1.42 bits per heavy atom. The summed E-state index contributed by atoms with van der Waals surface area (Å²) >= 11 is 3.04. The number of hydrogen-bond acceptors (Lipinski definition) is 5. The molecule has 0 unspecified atom stereocenters. The number of aryl methyl sites for hydroxylation is 1. The van der Waals surface area contributed by atoms with Crippen molar-refractivity contribution in [3.8, 4) is 17.5 Å². The van der Waals surface area contributed by atoms with Crippen LogP contribution in [-0.2, 0) is 0 Å². The van der Waals surface area contributed by atoms with E-state index in [0.29, 0.717) is 5.17 Å². The van der Waals surface area contributed by atoms with Gasteiger partial charge in [-0.25, -0.2) is 9.98 Å². The van der Waals surface area contributed by atoms with E-state index in [-0.39, 0.29) is 0 Å². The van der Waals surface area contributed by atoms with Crippen LogP contribution in [0.1, 0.15) is 5.01 Å². The molecule has 0 bridgehead atoms. The van der Waals surface area contributed by atoms with Crippen LogP contribution in [0.5, 0.6) is 0 Å². The van der Waals surface area contributed by atoms with Gasteiger partial charge in [0.25, 0.3) is 0 Å². The number of thiazole rings is 1. The molecule has 1 heterocycles. The zero-order valence-corrected chi connectivity index (χ0v) is 12.2. The van der Waals surface area contributed by atoms with Gasteiger partial charge in [-0.05, 0) is 25.3 Å². The topological polar surface area (TPSA) is 61.1 Å². The molecule has 1 aromatic heterocycles. The minimum atomic E-state index is 0.583. The van der Waals surface area contributed by atoms with E-state index >= 15 is 0 Å². The van der Waals surface area contributed by atoms with Crippen molar-refractivity contribution in [2.24, 2.45) is 4.99 Å². The van der Waals surface area contributed by atoms with Crippen LogP contribution in [0.25, 0.3) is 11.3 Å². The van der Waals surface area contributed by atoms with E-state index in [9.17, 15) is 0 Å². The van der Waals surface area contributed by atoms with E-state index in [0.717, 1.165) is 22.0 Å². The molecule has 2 aromatic rings. The Hall–Kier alpha value is -1.84. The Bertz CT molecular complexity index is 623. The first-order valence-electron chi connectivity index (χ1n) is 5.53. The Balaban J connectivity index is 2.21. The normalized spacial score (nSPS) is 11.1. The van der Waals surface area contributed by atoms with Crippen molar-refractivity contribution in [1.29, 1.82) is 5.26 Å². The number of benzene rings is 1. The van der Waals surface area contributed by atoms with E-state index in [1.54, 1.807) is 11.3 Å². The molecule has 0 fully saturated rings. The molecule has 4 nitrogen and oxygen atoms in total. The number of hydrogen-bond donors (Lipinski definition) is 1. The van der Waals surface area contributed by atoms with Crippen LogP contribution in [0.3, 0.4) is 0 Å². The largest absolute Gasteiger partial charge is 0.271 e. The van der Waals surface area contributed by atoms with Crippen LogP contribution in [0.15, 0.2) is 34.6 Å². The van der Waals surface area contributed by atoms with Crippen LogP contribution in [0.4, 0.5) is 5.69 Å². The lowest BCUT2D eigenvalue weighted by Crippen LogP contribution is -2.12. The molecule has 0 aliphatic carbocycles. The van der Waals surface area contributed by atoms with Crippen molar-refractivity contribution in [2.45, 2.75) is 6.92 Å². The maximum atomic E-state index is 8.58. The molecule has 0 radical (unpaired) electrons. The lowest BCUT2D eigenvalue weighted by Gasteiger charge is -2.01. The maximum Gasteiger partial charge on any atom is 0.183 e. The minimum absolute atomic E-state index is 0.583. The molecule has 0 aliphatic rings. The van der Waals surface area contributed by atoms with Gasteiger partial charge in [-0.3, -0.25) is 5.32 Å². The Labute approximate surface area is 120 Å². The summed E-state index contributed by atoms with van der Waals surface area (Å²) in [5, 5.41) is 14.8. The summed E-state index contributed by atoms with van der Waals surface area (Å²) in [5.74, 6) is 0. The standard InChI is InChI=1S/C13H12N4S2/c1-9-16-12(7-19-9)10-3-5-11(6-4-10)17-13(18-2)15-8-14/h3-7H,1-2H3,(H,15,17). The van der Waals surface area contributed by atoms with E-state index in [2.05, 4.69) is 15.3 Å². The maximum absolute atomic E-state index is 8.58. The highest BCUT2D eigenvalue weighted by Crippen LogP contribution is 2.24. The molecule has 1 N–H and O–H groups in total. The van der Waals surface area contributed by atoms with Gasteiger partial charge >= 0.3 is 0 Å². The first-order chi connectivity index (χ1) is 9.22. The third kappa shape index (κ3) is 3.56. The number of rotatable bonds is 2. The third-order valence-electron chi connectivity index (χ3n) is 2.37. The highest BCUT2D eigenvalue weighted by molar-refractivity contribution is 8.13. The number of nitrogens with one attached hydrogen (secondary N) is 1. The number of aliphatic imine (C=N–C) groups is 1. The fraction of sp³-hybridized carbons (Fsp3) is 0.154. The monoisotopic (exact) mass is 288 g/mol. The van der Waals surface area contributed by atoms with Gasteiger partial charge in [0.05, 0.1) is 16.4 Å². The Morgan fingerprint density at radius 2 is 2.16 bits per heavy atom. The first kappa shape index (κ1) is 13.6. The van der Waals surface area contributed by atoms with Gasteiger partial charge in [-0.2, -0.15) is 5.26 Å². The van der Waals surface area contributed by atoms with E-state index < -0.39 is 0 Å². The summed E-state index contributed by atoms with van der Waals surface area (Å²) in [4.78, 5) is 8.78. The molecule has 0 spiro atoms. The van der Waals surface area contributed by atoms with Gasteiger partial charge in [0.15, 0.2) is 11.4 Å². The van der Waals surface area contributed by atoms with Gasteiger partial charge in [0, 0.05) is 10.9 Å². The zero-order valence-electron chi connectivity index (χ0n) is 10.5. The molecule has 0 saturated heterocycles. The second-order valence-electron chi connectivity index (χ2n) is 3.66. The first-order valence-corrected chi connectivity index (χ1v) is 7.63. The van der Waals surface area contributed by atoms with Crippen LogP contribution < -0.4 is 5.32 Å². The summed E-state index contributed by atoms with van der Waals surface area (Å²) in [6, 6.07) is 7.80. The average Bonchev–Trinajstić information content (AvgIpc) is 2.86. The summed E-state index contributed by atoms with van der Waals surface area (Å²) in [6.45, 7) is 1.99. The lowest BCUT2D eigenvalue weighted by atomic mass is 10.1. The van der Waals surface area contributed by atoms with E-state index in [4.69, 9.17) is 5.26 Å². The summed E-state index contributed by atoms with van der Waals surface area (Å²) in [7, 11) is 0. The van der Waals surface area contributed by atoms with E-state index in [1.807, 2.05) is 49.0 Å². The predicted molar refractivity (Wildman–Crippen MR) is 81.6 cm³/mol. The molecule has 0 atom stereocenters. The summed E-state index contributed by atoms with van der Waals surface area (Å²) in [6.07, 6.45) is 3.74. The molecular formula is C13H12N4S2. The van der Waals surface area contributed by atoms with Crippen molar-refractivity contribution in [1.82, 2.24) is 10.3 Å². The fourth-order valence-electron chi connectivity index (χ4n) is 1.49. The van der Waals surface area contributed by atoms with Gasteiger partial charge in [-0.15, -0.1) is 11.3 Å². The molecule has 0 amide bonds. The number of aromatic nitrogens is 1. The van der Waals surface area contributed by atoms with Crippen molar-refractivity contribution in [2.75, 3.05) is 6.26 Å². The van der Waals surface area contributed by atoms with Gasteiger partial charge < -0.3 is 0 Å². The molecule has 19 heavy (non-hydrogen) atoms. The highest BCUT2D eigenvalue weighted by Gasteiger charge is 2.02. The second kappa shape index (κ2) is 6.36. The van der Waals surface area contributed by atoms with Gasteiger partial charge in [0.1, 0.15) is 0 Å². The fourth-order valence-corrected chi connectivity index (χ4v) is 2.46. The van der Waals surface area contributed by atoms with Gasteiger partial charge in [-0.1, -0.05) is 23.9 Å². The van der Waals surface area contributed by atoms with Crippen molar-refractivity contribution in [3.63, 3.8) is 0 Å². The van der Waals surface area contributed by atoms with Gasteiger partial charge in [0.2, 0.25) is 0 Å². The average molecular weight is 288 g/mol. The summed E-state index contributed by atoms with van der Waals surface area (Å²) < 4.78 is 0. The number of amidine groups is 1. The molecule has 0 saturated carbocycles. The Morgan fingerprint density at radius 3 is 2.68 bits per heavy atom. The quantitative estimate of drug-likeness (QED) is 0.397. The Kier molecular flexibility index (Phi) is 4.55. The number of nitriles is 1. The van der Waals surface area contributed by atoms with Crippen molar-refractivity contribution in [3.05, 3.63) is 34.7 Å². The van der Waals surface area contributed by atoms with Crippen LogP contribution >= 0.6 is 23.1 Å². The minimum Gasteiger partial charge on any atom is -0.271 e. The van der Waals surface area contributed by atoms with E-state index in [1.165, 1.54) is 11.8 Å². The van der Waals surface area contributed by atoms with Crippen molar-refractivity contribution < 1.29 is 0 Å². The molecule has 0 aliphatic heterocycles. The number of thioether (sulfide) groups is 1. The zero-order chi connectivity index (χ0) is 13.7. The molecule has 6 heteroatoms. The molecule has 96 valence electrons. The van der Waals surface area contributed by atoms with Crippen LogP contribution in [0, 0.1) is 18.4 Å². The summed E-state index contributed by atoms with van der Waals surface area (Å²) in [5.41, 5.74) is 2.86. The molecule has 2 rings (SSSR count). The SMILES string of the molecule is CSC(=Nc1ccc(-c2csc(C)n2)cc1)NC#N. The molecule has 1 aromatic carbocycles. The predicted octanol–water partition coefficient (Wildman–Crippen LogP) is 3.54. The third-order valence-corrected chi connectivity index (χ3v) is 3.72. The second-order valence-corrected chi connectivity index (χ2v) is 5.51. The smallest absolute Gasteiger partial charge is 0.183 e. The lowest BCUT2D eigenvalue weighted by molar-refractivity contribution is 1.28. The highest BCUT2D eigenvalue weighted by atomic mass is 32.2. The van der Waals surface area contributed by atoms with Crippen LogP contribution in [-0.4, -0.2) is 16.4 Å². The van der Waals surface area contributed by atoms with Crippen LogP contribution in [0.2, 0.25) is 0 Å². The molecular weight excluding hydrogens is 276 g/mol. The van der Waals surface area contributed by atoms with Crippen molar-refractivity contribution >= 4 is 34.0 Å². The number of nitrogens with zero attached hydrogens (tertiary/aromatic N) is 3.